The van der Waals surface area contributed by atoms with Gasteiger partial charge in [0.05, 0.1) is 0 Å². The highest BCUT2D eigenvalue weighted by Gasteiger charge is 1.90. The maximum atomic E-state index is 8.73. The van der Waals surface area contributed by atoms with Crippen molar-refractivity contribution in [2.45, 2.75) is 6.42 Å². The Bertz CT molecular complexity index is 364. The van der Waals surface area contributed by atoms with Crippen LogP contribution < -0.4 is 0 Å². The van der Waals surface area contributed by atoms with Crippen LogP contribution in [0, 0.1) is 0 Å². The monoisotopic (exact) mass is 203 g/mol. The molecule has 0 bridgehead atoms. The summed E-state index contributed by atoms with van der Waals surface area (Å²) in [5.74, 6) is 0. The van der Waals surface area contributed by atoms with Crippen molar-refractivity contribution in [2.75, 3.05) is 13.2 Å². The van der Waals surface area contributed by atoms with Gasteiger partial charge in [-0.2, -0.15) is 0 Å². The Morgan fingerprint density at radius 2 is 2.07 bits per heavy atom. The van der Waals surface area contributed by atoms with Crippen molar-refractivity contribution < 1.29 is 5.11 Å². The van der Waals surface area contributed by atoms with Crippen LogP contribution in [0.1, 0.15) is 11.1 Å². The van der Waals surface area contributed by atoms with Crippen molar-refractivity contribution in [3.05, 3.63) is 51.9 Å². The van der Waals surface area contributed by atoms with Crippen LogP contribution in [0.5, 0.6) is 0 Å². The first-order chi connectivity index (χ1) is 7.36. The number of azide groups is 1. The highest BCUT2D eigenvalue weighted by atomic mass is 16.2. The molecule has 0 aromatic heterocycles. The summed E-state index contributed by atoms with van der Waals surface area (Å²) in [4.78, 5) is 2.65. The van der Waals surface area contributed by atoms with Gasteiger partial charge in [0.2, 0.25) is 0 Å². The zero-order valence-corrected chi connectivity index (χ0v) is 8.37. The fourth-order valence-corrected chi connectivity index (χ4v) is 1.20. The van der Waals surface area contributed by atoms with Gasteiger partial charge in [0.25, 0.3) is 0 Å². The van der Waals surface area contributed by atoms with Crippen molar-refractivity contribution in [1.29, 1.82) is 0 Å². The molecule has 1 N–H and O–H groups in total. The molecule has 0 radical (unpaired) electrons. The zero-order valence-electron chi connectivity index (χ0n) is 8.37. The lowest BCUT2D eigenvalue weighted by atomic mass is 10.1. The van der Waals surface area contributed by atoms with Crippen LogP contribution in [0.15, 0.2) is 35.5 Å². The van der Waals surface area contributed by atoms with Crippen molar-refractivity contribution in [3.63, 3.8) is 0 Å². The number of aliphatic hydroxyl groups is 1. The van der Waals surface area contributed by atoms with Crippen molar-refractivity contribution in [3.8, 4) is 0 Å². The SMILES string of the molecule is [N-]=[N+]=NCC=Cc1ccc(CCO)cc1. The number of benzene rings is 1. The second-order valence-electron chi connectivity index (χ2n) is 3.03. The number of rotatable bonds is 5. The van der Waals surface area contributed by atoms with E-state index < -0.39 is 0 Å². The summed E-state index contributed by atoms with van der Waals surface area (Å²) in [6.07, 6.45) is 4.39. The van der Waals surface area contributed by atoms with Gasteiger partial charge >= 0.3 is 0 Å². The lowest BCUT2D eigenvalue weighted by Crippen LogP contribution is -1.89. The lowest BCUT2D eigenvalue weighted by Gasteiger charge is -1.98. The van der Waals surface area contributed by atoms with Gasteiger partial charge in [-0.15, -0.1) is 0 Å². The normalized spacial score (nSPS) is 10.2. The molecule has 0 unspecified atom stereocenters. The predicted molar refractivity (Wildman–Crippen MR) is 60.3 cm³/mol. The maximum Gasteiger partial charge on any atom is 0.0471 e. The standard InChI is InChI=1S/C11H13N3O/c12-14-13-8-1-2-10-3-5-11(6-4-10)7-9-15/h1-6,15H,7-9H2. The van der Waals surface area contributed by atoms with Crippen LogP contribution in [0.3, 0.4) is 0 Å². The molecular formula is C11H13N3O. The third-order valence-corrected chi connectivity index (χ3v) is 1.94. The molecule has 0 aliphatic rings. The topological polar surface area (TPSA) is 69.0 Å². The van der Waals surface area contributed by atoms with Gasteiger partial charge in [0.1, 0.15) is 0 Å². The molecule has 4 nitrogen and oxygen atoms in total. The van der Waals surface area contributed by atoms with E-state index in [4.69, 9.17) is 10.6 Å². The van der Waals surface area contributed by atoms with E-state index >= 15 is 0 Å². The third-order valence-electron chi connectivity index (χ3n) is 1.94. The Kier molecular flexibility index (Phi) is 5.01. The van der Waals surface area contributed by atoms with Crippen LogP contribution in [0.25, 0.3) is 16.5 Å². The molecule has 0 amide bonds. The molecule has 0 heterocycles. The molecule has 0 aliphatic carbocycles. The number of aliphatic hydroxyl groups excluding tert-OH is 1. The number of nitrogens with zero attached hydrogens (tertiary/aromatic N) is 3. The van der Waals surface area contributed by atoms with Gasteiger partial charge in [-0.3, -0.25) is 0 Å². The molecule has 0 fully saturated rings. The van der Waals surface area contributed by atoms with Gasteiger partial charge in [-0.1, -0.05) is 41.5 Å². The van der Waals surface area contributed by atoms with Gasteiger partial charge in [0.15, 0.2) is 0 Å². The summed E-state index contributed by atoms with van der Waals surface area (Å²) in [6.45, 7) is 0.543. The van der Waals surface area contributed by atoms with E-state index in [1.54, 1.807) is 6.08 Å². The summed E-state index contributed by atoms with van der Waals surface area (Å²) in [5, 5.41) is 12.1. The van der Waals surface area contributed by atoms with E-state index in [9.17, 15) is 0 Å². The molecule has 0 aliphatic heterocycles. The highest BCUT2D eigenvalue weighted by Crippen LogP contribution is 2.06. The van der Waals surface area contributed by atoms with Crippen molar-refractivity contribution >= 4 is 6.08 Å². The van der Waals surface area contributed by atoms with Crippen LogP contribution in [0.2, 0.25) is 0 Å². The van der Waals surface area contributed by atoms with E-state index in [0.717, 1.165) is 11.1 Å². The van der Waals surface area contributed by atoms with E-state index in [-0.39, 0.29) is 6.61 Å². The van der Waals surface area contributed by atoms with E-state index in [0.29, 0.717) is 13.0 Å². The predicted octanol–water partition coefficient (Wildman–Crippen LogP) is 2.54. The summed E-state index contributed by atoms with van der Waals surface area (Å²) >= 11 is 0. The molecule has 0 saturated carbocycles. The lowest BCUT2D eigenvalue weighted by molar-refractivity contribution is 0.299. The molecule has 0 saturated heterocycles. The van der Waals surface area contributed by atoms with E-state index in [1.165, 1.54) is 0 Å². The molecule has 15 heavy (non-hydrogen) atoms. The third kappa shape index (κ3) is 4.31. The first kappa shape index (κ1) is 11.3. The second-order valence-corrected chi connectivity index (χ2v) is 3.03. The summed E-state index contributed by atoms with van der Waals surface area (Å²) < 4.78 is 0. The fourth-order valence-electron chi connectivity index (χ4n) is 1.20. The first-order valence-electron chi connectivity index (χ1n) is 4.74. The van der Waals surface area contributed by atoms with E-state index in [2.05, 4.69) is 10.0 Å². The largest absolute Gasteiger partial charge is 0.396 e. The minimum atomic E-state index is 0.173. The minimum absolute atomic E-state index is 0.173. The quantitative estimate of drug-likeness (QED) is 0.446. The Balaban J connectivity index is 2.55. The van der Waals surface area contributed by atoms with Crippen LogP contribution in [0.4, 0.5) is 0 Å². The average molecular weight is 203 g/mol. The molecule has 1 rings (SSSR count). The smallest absolute Gasteiger partial charge is 0.0471 e. The van der Waals surface area contributed by atoms with Gasteiger partial charge in [-0.25, -0.2) is 0 Å². The van der Waals surface area contributed by atoms with Crippen LogP contribution in [-0.4, -0.2) is 18.3 Å². The Morgan fingerprint density at radius 1 is 1.33 bits per heavy atom. The van der Waals surface area contributed by atoms with E-state index in [1.807, 2.05) is 30.3 Å². The molecule has 0 spiro atoms. The second kappa shape index (κ2) is 6.65. The van der Waals surface area contributed by atoms with Crippen molar-refractivity contribution in [2.24, 2.45) is 5.11 Å². The highest BCUT2D eigenvalue weighted by molar-refractivity contribution is 5.49. The number of hydrogen-bond acceptors (Lipinski definition) is 2. The minimum Gasteiger partial charge on any atom is -0.396 e. The molecule has 1 aromatic carbocycles. The van der Waals surface area contributed by atoms with Crippen LogP contribution >= 0.6 is 0 Å². The van der Waals surface area contributed by atoms with Crippen molar-refractivity contribution in [1.82, 2.24) is 0 Å². The summed E-state index contributed by atoms with van der Waals surface area (Å²) in [7, 11) is 0. The maximum absolute atomic E-state index is 8.73. The van der Waals surface area contributed by atoms with Gasteiger partial charge in [-0.05, 0) is 23.1 Å². The number of hydrogen-bond donors (Lipinski definition) is 1. The van der Waals surface area contributed by atoms with Gasteiger partial charge < -0.3 is 5.11 Å². The summed E-state index contributed by atoms with van der Waals surface area (Å²) in [5.41, 5.74) is 10.2. The molecular weight excluding hydrogens is 190 g/mol. The average Bonchev–Trinajstić information content (AvgIpc) is 2.27. The zero-order chi connectivity index (χ0) is 10.9. The molecule has 0 atom stereocenters. The molecule has 78 valence electrons. The first-order valence-corrected chi connectivity index (χ1v) is 4.74. The Hall–Kier alpha value is -1.77. The molecule has 4 heteroatoms. The summed E-state index contributed by atoms with van der Waals surface area (Å²) in [6, 6.07) is 7.89. The fraction of sp³-hybridized carbons (Fsp3) is 0.273. The molecule has 1 aromatic rings. The van der Waals surface area contributed by atoms with Crippen LogP contribution in [-0.2, 0) is 6.42 Å². The Morgan fingerprint density at radius 3 is 2.67 bits per heavy atom. The van der Waals surface area contributed by atoms with Gasteiger partial charge in [0, 0.05) is 18.1 Å². The Labute approximate surface area is 88.5 Å².